The smallest absolute Gasteiger partial charge is 0.336 e. The summed E-state index contributed by atoms with van der Waals surface area (Å²) in [4.78, 5) is 38.0. The molecule has 35 heavy (non-hydrogen) atoms. The number of carbonyl (C=O) groups excluding carboxylic acids is 2. The van der Waals surface area contributed by atoms with E-state index in [1.807, 2.05) is 12.1 Å². The first-order valence-electron chi connectivity index (χ1n) is 10.7. The van der Waals surface area contributed by atoms with E-state index in [1.165, 1.54) is 17.8 Å². The third-order valence-corrected chi connectivity index (χ3v) is 6.61. The van der Waals surface area contributed by atoms with Gasteiger partial charge in [0.05, 0.1) is 10.8 Å². The molecule has 6 nitrogen and oxygen atoms in total. The molecular weight excluding hydrogens is 484 g/mol. The predicted octanol–water partition coefficient (Wildman–Crippen LogP) is 6.56. The number of amides is 2. The largest absolute Gasteiger partial charge is 0.478 e. The Kier molecular flexibility index (Phi) is 7.39. The molecule has 176 valence electrons. The molecule has 0 aliphatic rings. The summed E-state index contributed by atoms with van der Waals surface area (Å²) in [5.41, 5.74) is 1.54. The Morgan fingerprint density at radius 2 is 1.49 bits per heavy atom. The van der Waals surface area contributed by atoms with Crippen LogP contribution in [0.1, 0.15) is 27.6 Å². The highest BCUT2D eigenvalue weighted by atomic mass is 35.5. The van der Waals surface area contributed by atoms with Crippen LogP contribution in [0.3, 0.4) is 0 Å². The third kappa shape index (κ3) is 5.82. The molecule has 4 aromatic rings. The van der Waals surface area contributed by atoms with Crippen molar-refractivity contribution in [2.75, 3.05) is 10.6 Å². The number of anilines is 2. The van der Waals surface area contributed by atoms with Crippen molar-refractivity contribution in [1.82, 2.24) is 0 Å². The van der Waals surface area contributed by atoms with Crippen molar-refractivity contribution in [1.29, 1.82) is 0 Å². The number of halogens is 1. The topological polar surface area (TPSA) is 95.5 Å². The van der Waals surface area contributed by atoms with Crippen molar-refractivity contribution in [3.05, 3.63) is 101 Å². The Bertz CT molecular complexity index is 1420. The fourth-order valence-corrected chi connectivity index (χ4v) is 4.65. The van der Waals surface area contributed by atoms with Crippen molar-refractivity contribution >= 4 is 63.3 Å². The highest BCUT2D eigenvalue weighted by molar-refractivity contribution is 8.00. The number of fused-ring (bicyclic) bond motifs is 1. The van der Waals surface area contributed by atoms with Crippen LogP contribution < -0.4 is 10.6 Å². The van der Waals surface area contributed by atoms with Crippen LogP contribution in [0.2, 0.25) is 5.02 Å². The van der Waals surface area contributed by atoms with Crippen LogP contribution in [0.25, 0.3) is 10.8 Å². The lowest BCUT2D eigenvalue weighted by molar-refractivity contribution is -0.115. The summed E-state index contributed by atoms with van der Waals surface area (Å²) in [7, 11) is 0. The molecule has 1 unspecified atom stereocenters. The van der Waals surface area contributed by atoms with Crippen molar-refractivity contribution in [3.8, 4) is 0 Å². The van der Waals surface area contributed by atoms with Crippen molar-refractivity contribution < 1.29 is 19.5 Å². The molecule has 0 aliphatic heterocycles. The molecule has 0 aliphatic carbocycles. The molecule has 2 amide bonds. The second kappa shape index (κ2) is 10.6. The molecule has 1 atom stereocenters. The molecule has 0 fully saturated rings. The average Bonchev–Trinajstić information content (AvgIpc) is 2.84. The first kappa shape index (κ1) is 24.3. The van der Waals surface area contributed by atoms with Gasteiger partial charge in [0.1, 0.15) is 0 Å². The molecule has 3 N–H and O–H groups in total. The van der Waals surface area contributed by atoms with Gasteiger partial charge in [-0.3, -0.25) is 9.59 Å². The number of rotatable bonds is 7. The Labute approximate surface area is 211 Å². The van der Waals surface area contributed by atoms with Gasteiger partial charge in [-0.25, -0.2) is 4.79 Å². The number of carbonyl (C=O) groups is 3. The van der Waals surface area contributed by atoms with Gasteiger partial charge >= 0.3 is 5.97 Å². The number of carboxylic acid groups (broad SMARTS) is 1. The maximum Gasteiger partial charge on any atom is 0.336 e. The zero-order chi connectivity index (χ0) is 24.9. The highest BCUT2D eigenvalue weighted by Gasteiger charge is 2.17. The van der Waals surface area contributed by atoms with E-state index in [4.69, 9.17) is 11.6 Å². The fraction of sp³-hybridized carbons (Fsp3) is 0.0741. The van der Waals surface area contributed by atoms with E-state index in [0.717, 1.165) is 4.90 Å². The van der Waals surface area contributed by atoms with Gasteiger partial charge in [-0.15, -0.1) is 11.8 Å². The second-order valence-corrected chi connectivity index (χ2v) is 9.60. The minimum Gasteiger partial charge on any atom is -0.478 e. The van der Waals surface area contributed by atoms with E-state index in [2.05, 4.69) is 10.6 Å². The zero-order valence-electron chi connectivity index (χ0n) is 18.6. The summed E-state index contributed by atoms with van der Waals surface area (Å²) in [5.74, 6) is -1.65. The second-order valence-electron chi connectivity index (χ2n) is 7.75. The molecule has 0 radical (unpaired) electrons. The van der Waals surface area contributed by atoms with E-state index in [-0.39, 0.29) is 22.3 Å². The molecule has 4 aromatic carbocycles. The van der Waals surface area contributed by atoms with Crippen LogP contribution in [0.5, 0.6) is 0 Å². The molecule has 0 heterocycles. The Morgan fingerprint density at radius 1 is 0.829 bits per heavy atom. The molecule has 0 spiro atoms. The van der Waals surface area contributed by atoms with Gasteiger partial charge in [-0.1, -0.05) is 41.9 Å². The first-order chi connectivity index (χ1) is 16.8. The van der Waals surface area contributed by atoms with Gasteiger partial charge in [0.25, 0.3) is 5.91 Å². The summed E-state index contributed by atoms with van der Waals surface area (Å²) in [6.07, 6.45) is 0. The van der Waals surface area contributed by atoms with Crippen LogP contribution in [-0.4, -0.2) is 28.1 Å². The minimum absolute atomic E-state index is 0.0741. The van der Waals surface area contributed by atoms with Gasteiger partial charge in [0, 0.05) is 32.2 Å². The maximum atomic E-state index is 13.0. The van der Waals surface area contributed by atoms with Crippen molar-refractivity contribution in [2.45, 2.75) is 17.1 Å². The number of carboxylic acids is 1. The van der Waals surface area contributed by atoms with Gasteiger partial charge < -0.3 is 15.7 Å². The summed E-state index contributed by atoms with van der Waals surface area (Å²) >= 11 is 7.35. The zero-order valence-corrected chi connectivity index (χ0v) is 20.2. The fourth-order valence-electron chi connectivity index (χ4n) is 3.59. The van der Waals surface area contributed by atoms with E-state index in [0.29, 0.717) is 27.2 Å². The van der Waals surface area contributed by atoms with Crippen LogP contribution in [-0.2, 0) is 4.79 Å². The number of thioether (sulfide) groups is 1. The number of benzene rings is 4. The Balaban J connectivity index is 1.44. The van der Waals surface area contributed by atoms with E-state index >= 15 is 0 Å². The number of hydrogen-bond donors (Lipinski definition) is 3. The summed E-state index contributed by atoms with van der Waals surface area (Å²) in [5, 5.41) is 16.5. The standard InChI is InChI=1S/C27H21ClN2O4S/c1-16(25(31)30-20-8-4-7-18(28)15-20)35-21-13-11-19(12-14-21)29-26(32)22-9-2-5-17-6-3-10-23(24(17)22)27(33)34/h2-16H,1H3,(H,29,32)(H,30,31)(H,33,34). The van der Waals surface area contributed by atoms with Gasteiger partial charge in [-0.2, -0.15) is 0 Å². The lowest BCUT2D eigenvalue weighted by Gasteiger charge is -2.13. The minimum atomic E-state index is -1.09. The van der Waals surface area contributed by atoms with Gasteiger partial charge in [0.15, 0.2) is 0 Å². The lowest BCUT2D eigenvalue weighted by Crippen LogP contribution is -2.22. The van der Waals surface area contributed by atoms with E-state index in [9.17, 15) is 19.5 Å². The number of aromatic carboxylic acids is 1. The van der Waals surface area contributed by atoms with E-state index in [1.54, 1.807) is 73.7 Å². The molecule has 0 saturated carbocycles. The Hall–Kier alpha value is -3.81. The summed E-state index contributed by atoms with van der Waals surface area (Å²) in [6.45, 7) is 1.81. The third-order valence-electron chi connectivity index (χ3n) is 5.27. The predicted molar refractivity (Wildman–Crippen MR) is 141 cm³/mol. The van der Waals surface area contributed by atoms with Crippen molar-refractivity contribution in [2.24, 2.45) is 0 Å². The molecule has 0 bridgehead atoms. The Morgan fingerprint density at radius 3 is 2.14 bits per heavy atom. The molecule has 4 rings (SSSR count). The summed E-state index contributed by atoms with van der Waals surface area (Å²) in [6, 6.07) is 24.1. The average molecular weight is 505 g/mol. The van der Waals surface area contributed by atoms with Crippen LogP contribution in [0.15, 0.2) is 89.8 Å². The monoisotopic (exact) mass is 504 g/mol. The van der Waals surface area contributed by atoms with Gasteiger partial charge in [0.2, 0.25) is 5.91 Å². The van der Waals surface area contributed by atoms with Crippen LogP contribution >= 0.6 is 23.4 Å². The maximum absolute atomic E-state index is 13.0. The highest BCUT2D eigenvalue weighted by Crippen LogP contribution is 2.27. The number of nitrogens with one attached hydrogen (secondary N) is 2. The molecule has 0 saturated heterocycles. The molecule has 8 heteroatoms. The molecular formula is C27H21ClN2O4S. The SMILES string of the molecule is CC(Sc1ccc(NC(=O)c2cccc3cccc(C(=O)O)c23)cc1)C(=O)Nc1cccc(Cl)c1. The normalized spacial score (nSPS) is 11.6. The number of hydrogen-bond acceptors (Lipinski definition) is 4. The van der Waals surface area contributed by atoms with Gasteiger partial charge in [-0.05, 0) is 66.9 Å². The van der Waals surface area contributed by atoms with E-state index < -0.39 is 11.9 Å². The van der Waals surface area contributed by atoms with Crippen LogP contribution in [0, 0.1) is 0 Å². The van der Waals surface area contributed by atoms with Crippen LogP contribution in [0.4, 0.5) is 11.4 Å². The lowest BCUT2D eigenvalue weighted by atomic mass is 9.98. The summed E-state index contributed by atoms with van der Waals surface area (Å²) < 4.78 is 0. The molecule has 0 aromatic heterocycles. The quantitative estimate of drug-likeness (QED) is 0.248. The van der Waals surface area contributed by atoms with Crippen molar-refractivity contribution in [3.63, 3.8) is 0 Å². The first-order valence-corrected chi connectivity index (χ1v) is 12.0.